The average molecular weight is 477 g/mol. The van der Waals surface area contributed by atoms with Crippen LogP contribution in [-0.2, 0) is 14.8 Å². The zero-order valence-electron chi connectivity index (χ0n) is 18.5. The largest absolute Gasteiger partial charge is 0.369 e. The van der Waals surface area contributed by atoms with Crippen LogP contribution in [-0.4, -0.2) is 51.3 Å². The lowest BCUT2D eigenvalue weighted by Gasteiger charge is -2.31. The number of carbonyl (C=O) groups is 2. The van der Waals surface area contributed by atoms with E-state index in [4.69, 9.17) is 5.73 Å². The minimum Gasteiger partial charge on any atom is -0.369 e. The average Bonchev–Trinajstić information content (AvgIpc) is 2.78. The molecule has 4 N–H and O–H groups in total. The molecule has 0 saturated carbocycles. The van der Waals surface area contributed by atoms with Crippen molar-refractivity contribution in [3.8, 4) is 0 Å². The van der Waals surface area contributed by atoms with Gasteiger partial charge in [-0.1, -0.05) is 18.2 Å². The van der Waals surface area contributed by atoms with Gasteiger partial charge in [-0.25, -0.2) is 12.8 Å². The first kappa shape index (κ1) is 24.7. The summed E-state index contributed by atoms with van der Waals surface area (Å²) in [5, 5.41) is 2.82. The Labute approximate surface area is 193 Å². The van der Waals surface area contributed by atoms with E-state index in [9.17, 15) is 22.4 Å². The SMILES string of the molecule is Cc1ccc(S(=O)(=O)Nc2ccccc2F)cc1C(=O)NCCCN1CCCC(C(N)=O)C1. The zero-order chi connectivity index (χ0) is 24.0. The molecule has 0 aromatic heterocycles. The highest BCUT2D eigenvalue weighted by Crippen LogP contribution is 2.21. The number of primary amides is 1. The molecule has 33 heavy (non-hydrogen) atoms. The summed E-state index contributed by atoms with van der Waals surface area (Å²) < 4.78 is 41.5. The van der Waals surface area contributed by atoms with Gasteiger partial charge in [0.2, 0.25) is 5.91 Å². The number of nitrogens with zero attached hydrogens (tertiary/aromatic N) is 1. The molecule has 2 aromatic rings. The highest BCUT2D eigenvalue weighted by molar-refractivity contribution is 7.92. The predicted molar refractivity (Wildman–Crippen MR) is 124 cm³/mol. The highest BCUT2D eigenvalue weighted by Gasteiger charge is 2.23. The Morgan fingerprint density at radius 2 is 1.97 bits per heavy atom. The summed E-state index contributed by atoms with van der Waals surface area (Å²) in [6, 6.07) is 9.67. The van der Waals surface area contributed by atoms with Crippen LogP contribution in [0.25, 0.3) is 0 Å². The molecule has 0 aliphatic carbocycles. The van der Waals surface area contributed by atoms with Gasteiger partial charge < -0.3 is 16.0 Å². The second kappa shape index (κ2) is 10.8. The monoisotopic (exact) mass is 476 g/mol. The minimum atomic E-state index is -4.08. The molecule has 1 unspecified atom stereocenters. The molecule has 1 aliphatic rings. The van der Waals surface area contributed by atoms with Gasteiger partial charge in [-0.15, -0.1) is 0 Å². The number of para-hydroxylation sites is 1. The van der Waals surface area contributed by atoms with Gasteiger partial charge in [0.1, 0.15) is 5.82 Å². The van der Waals surface area contributed by atoms with E-state index in [-0.39, 0.29) is 33.9 Å². The molecule has 178 valence electrons. The Morgan fingerprint density at radius 1 is 1.21 bits per heavy atom. The summed E-state index contributed by atoms with van der Waals surface area (Å²) in [5.74, 6) is -1.48. The number of benzene rings is 2. The van der Waals surface area contributed by atoms with Crippen molar-refractivity contribution < 1.29 is 22.4 Å². The topological polar surface area (TPSA) is 122 Å². The summed E-state index contributed by atoms with van der Waals surface area (Å²) in [7, 11) is -4.08. The number of nitrogens with two attached hydrogens (primary N) is 1. The molecule has 1 aliphatic heterocycles. The number of likely N-dealkylation sites (tertiary alicyclic amines) is 1. The van der Waals surface area contributed by atoms with Crippen molar-refractivity contribution in [1.82, 2.24) is 10.2 Å². The number of hydrogen-bond acceptors (Lipinski definition) is 5. The number of anilines is 1. The van der Waals surface area contributed by atoms with E-state index in [0.29, 0.717) is 25.1 Å². The lowest BCUT2D eigenvalue weighted by atomic mass is 9.97. The molecule has 1 fully saturated rings. The van der Waals surface area contributed by atoms with Crippen LogP contribution in [0.3, 0.4) is 0 Å². The fraction of sp³-hybridized carbons (Fsp3) is 0.391. The first-order chi connectivity index (χ1) is 15.7. The Bertz CT molecular complexity index is 1120. The molecule has 1 atom stereocenters. The molecular weight excluding hydrogens is 447 g/mol. The molecule has 3 rings (SSSR count). The van der Waals surface area contributed by atoms with E-state index in [2.05, 4.69) is 14.9 Å². The van der Waals surface area contributed by atoms with Crippen LogP contribution >= 0.6 is 0 Å². The third-order valence-electron chi connectivity index (χ3n) is 5.73. The summed E-state index contributed by atoms with van der Waals surface area (Å²) >= 11 is 0. The van der Waals surface area contributed by atoms with Gasteiger partial charge in [0.15, 0.2) is 0 Å². The van der Waals surface area contributed by atoms with Crippen molar-refractivity contribution >= 4 is 27.5 Å². The van der Waals surface area contributed by atoms with E-state index in [0.717, 1.165) is 32.0 Å². The second-order valence-electron chi connectivity index (χ2n) is 8.21. The Morgan fingerprint density at radius 3 is 2.70 bits per heavy atom. The van der Waals surface area contributed by atoms with Crippen LogP contribution in [0.5, 0.6) is 0 Å². The van der Waals surface area contributed by atoms with E-state index in [1.165, 1.54) is 30.3 Å². The highest BCUT2D eigenvalue weighted by atomic mass is 32.2. The van der Waals surface area contributed by atoms with Crippen LogP contribution in [0.2, 0.25) is 0 Å². The Kier molecular flexibility index (Phi) is 8.04. The summed E-state index contributed by atoms with van der Waals surface area (Å²) in [6.07, 6.45) is 2.41. The number of rotatable bonds is 9. The maximum absolute atomic E-state index is 13.9. The van der Waals surface area contributed by atoms with E-state index < -0.39 is 15.8 Å². The van der Waals surface area contributed by atoms with Crippen molar-refractivity contribution in [2.75, 3.05) is 30.9 Å². The number of hydrogen-bond donors (Lipinski definition) is 3. The Hall–Kier alpha value is -2.98. The third-order valence-corrected chi connectivity index (χ3v) is 7.09. The van der Waals surface area contributed by atoms with Crippen LogP contribution in [0.15, 0.2) is 47.4 Å². The van der Waals surface area contributed by atoms with Crippen molar-refractivity contribution in [3.63, 3.8) is 0 Å². The maximum atomic E-state index is 13.9. The minimum absolute atomic E-state index is 0.126. The summed E-state index contributed by atoms with van der Waals surface area (Å²) in [4.78, 5) is 26.1. The van der Waals surface area contributed by atoms with Crippen LogP contribution in [0.4, 0.5) is 10.1 Å². The van der Waals surface area contributed by atoms with E-state index in [1.54, 1.807) is 13.0 Å². The predicted octanol–water partition coefficient (Wildman–Crippen LogP) is 2.25. The van der Waals surface area contributed by atoms with Crippen molar-refractivity contribution in [2.24, 2.45) is 11.7 Å². The number of carbonyl (C=O) groups excluding carboxylic acids is 2. The normalized spacial score (nSPS) is 16.8. The van der Waals surface area contributed by atoms with Gasteiger partial charge in [-0.05, 0) is 69.1 Å². The standard InChI is InChI=1S/C23H29FN4O4S/c1-16-9-10-18(33(31,32)27-21-8-3-2-7-20(21)24)14-19(16)23(30)26-11-5-13-28-12-4-6-17(15-28)22(25)29/h2-3,7-10,14,17,27H,4-6,11-13,15H2,1H3,(H2,25,29)(H,26,30). The van der Waals surface area contributed by atoms with Gasteiger partial charge in [0, 0.05) is 18.7 Å². The van der Waals surface area contributed by atoms with Gasteiger partial charge in [0.05, 0.1) is 16.5 Å². The number of sulfonamides is 1. The van der Waals surface area contributed by atoms with Gasteiger partial charge in [-0.2, -0.15) is 0 Å². The van der Waals surface area contributed by atoms with Crippen molar-refractivity contribution in [1.29, 1.82) is 0 Å². The Balaban J connectivity index is 1.59. The number of halogens is 1. The fourth-order valence-electron chi connectivity index (χ4n) is 3.85. The van der Waals surface area contributed by atoms with Crippen molar-refractivity contribution in [2.45, 2.75) is 31.1 Å². The number of aryl methyl sites for hydroxylation is 1. The van der Waals surface area contributed by atoms with Gasteiger partial charge in [0.25, 0.3) is 15.9 Å². The molecule has 2 aromatic carbocycles. The molecular formula is C23H29FN4O4S. The first-order valence-electron chi connectivity index (χ1n) is 10.9. The van der Waals surface area contributed by atoms with E-state index in [1.807, 2.05) is 0 Å². The molecule has 8 nitrogen and oxygen atoms in total. The van der Waals surface area contributed by atoms with E-state index >= 15 is 0 Å². The smallest absolute Gasteiger partial charge is 0.262 e. The lowest BCUT2D eigenvalue weighted by Crippen LogP contribution is -2.42. The second-order valence-corrected chi connectivity index (χ2v) is 9.90. The molecule has 10 heteroatoms. The van der Waals surface area contributed by atoms with Crippen LogP contribution < -0.4 is 15.8 Å². The quantitative estimate of drug-likeness (QED) is 0.479. The first-order valence-corrected chi connectivity index (χ1v) is 12.3. The molecule has 0 radical (unpaired) electrons. The lowest BCUT2D eigenvalue weighted by molar-refractivity contribution is -0.123. The summed E-state index contributed by atoms with van der Waals surface area (Å²) in [5.41, 5.74) is 6.10. The molecule has 2 amide bonds. The molecule has 1 heterocycles. The van der Waals surface area contributed by atoms with Gasteiger partial charge >= 0.3 is 0 Å². The zero-order valence-corrected chi connectivity index (χ0v) is 19.3. The molecule has 1 saturated heterocycles. The number of amides is 2. The fourth-order valence-corrected chi connectivity index (χ4v) is 4.94. The summed E-state index contributed by atoms with van der Waals surface area (Å²) in [6.45, 7) is 4.38. The van der Waals surface area contributed by atoms with Gasteiger partial charge in [-0.3, -0.25) is 14.3 Å². The third kappa shape index (κ3) is 6.52. The molecule has 0 bridgehead atoms. The molecule has 0 spiro atoms. The van der Waals surface area contributed by atoms with Crippen LogP contribution in [0.1, 0.15) is 35.2 Å². The number of nitrogens with one attached hydrogen (secondary N) is 2. The number of piperidine rings is 1. The maximum Gasteiger partial charge on any atom is 0.262 e. The van der Waals surface area contributed by atoms with Crippen molar-refractivity contribution in [3.05, 3.63) is 59.4 Å². The van der Waals surface area contributed by atoms with Crippen LogP contribution in [0, 0.1) is 18.7 Å².